The number of hydrogen-bond acceptors (Lipinski definition) is 4. The van der Waals surface area contributed by atoms with Crippen LogP contribution in [0.25, 0.3) is 0 Å². The summed E-state index contributed by atoms with van der Waals surface area (Å²) in [5.41, 5.74) is 0. The minimum Gasteiger partial charge on any atom is -0.339 e. The van der Waals surface area contributed by atoms with Crippen molar-refractivity contribution in [2.75, 3.05) is 46.3 Å². The van der Waals surface area contributed by atoms with Crippen molar-refractivity contribution in [2.24, 2.45) is 5.92 Å². The van der Waals surface area contributed by atoms with Crippen LogP contribution in [-0.4, -0.2) is 74.7 Å². The molecule has 1 aliphatic heterocycles. The van der Waals surface area contributed by atoms with Crippen molar-refractivity contribution in [1.82, 2.24) is 14.1 Å². The fraction of sp³-hybridized carbons (Fsp3) is 0.611. The molecule has 0 N–H and O–H groups in total. The number of amides is 1. The summed E-state index contributed by atoms with van der Waals surface area (Å²) in [5.74, 6) is 0.531. The first-order valence-corrected chi connectivity index (χ1v) is 11.2. The second-order valence-corrected chi connectivity index (χ2v) is 10.1. The number of hydrogen-bond donors (Lipinski definition) is 0. The number of likely N-dealkylation sites (N-methyl/N-ethyl adjacent to an activating group) is 1. The van der Waals surface area contributed by atoms with Gasteiger partial charge in [-0.3, -0.25) is 9.69 Å². The van der Waals surface area contributed by atoms with E-state index < -0.39 is 10.0 Å². The minimum atomic E-state index is -3.66. The van der Waals surface area contributed by atoms with Gasteiger partial charge >= 0.3 is 0 Å². The Balaban J connectivity index is 1.88. The molecule has 1 aromatic rings. The average Bonchev–Trinajstić information content (AvgIpc) is 2.60. The van der Waals surface area contributed by atoms with Gasteiger partial charge in [-0.2, -0.15) is 4.31 Å². The van der Waals surface area contributed by atoms with Crippen LogP contribution in [0.3, 0.4) is 0 Å². The zero-order chi connectivity index (χ0) is 19.3. The van der Waals surface area contributed by atoms with Gasteiger partial charge in [-0.15, -0.1) is 0 Å². The minimum absolute atomic E-state index is 0.135. The highest BCUT2D eigenvalue weighted by Gasteiger charge is 2.27. The van der Waals surface area contributed by atoms with Gasteiger partial charge in [0.2, 0.25) is 15.9 Å². The molecule has 1 amide bonds. The van der Waals surface area contributed by atoms with E-state index in [1.807, 2.05) is 0 Å². The topological polar surface area (TPSA) is 60.9 Å². The summed E-state index contributed by atoms with van der Waals surface area (Å²) < 4.78 is 27.1. The predicted octanol–water partition coefficient (Wildman–Crippen LogP) is 2.26. The highest BCUT2D eigenvalue weighted by molar-refractivity contribution is 9.10. The molecule has 1 aromatic carbocycles. The summed E-state index contributed by atoms with van der Waals surface area (Å²) in [5, 5.41) is 0. The van der Waals surface area contributed by atoms with Gasteiger partial charge in [0.15, 0.2) is 0 Å². The summed E-state index contributed by atoms with van der Waals surface area (Å²) in [7, 11) is -2.21. The highest BCUT2D eigenvalue weighted by atomic mass is 79.9. The number of piperazine rings is 1. The lowest BCUT2D eigenvalue weighted by Crippen LogP contribution is -2.51. The van der Waals surface area contributed by atoms with E-state index in [2.05, 4.69) is 34.7 Å². The molecule has 146 valence electrons. The summed E-state index contributed by atoms with van der Waals surface area (Å²) in [6.45, 7) is 8.35. The summed E-state index contributed by atoms with van der Waals surface area (Å²) in [6.07, 6.45) is 1.15. The van der Waals surface area contributed by atoms with Gasteiger partial charge in [-0.05, 0) is 43.1 Å². The average molecular weight is 446 g/mol. The number of nitrogens with zero attached hydrogens (tertiary/aromatic N) is 3. The first-order valence-electron chi connectivity index (χ1n) is 8.92. The van der Waals surface area contributed by atoms with Gasteiger partial charge in [0.05, 0.1) is 11.4 Å². The molecule has 1 heterocycles. The predicted molar refractivity (Wildman–Crippen MR) is 106 cm³/mol. The standard InChI is InChI=1S/C18H28BrN3O3S/c1-15(2)8-9-21-10-12-22(13-11-21)18(23)14-20(3)26(24,25)17-6-4-16(19)5-7-17/h4-7,15H,8-14H2,1-3H3. The molecule has 8 heteroatoms. The van der Waals surface area contributed by atoms with Crippen molar-refractivity contribution in [3.63, 3.8) is 0 Å². The zero-order valence-electron chi connectivity index (χ0n) is 15.7. The van der Waals surface area contributed by atoms with Crippen molar-refractivity contribution in [3.05, 3.63) is 28.7 Å². The smallest absolute Gasteiger partial charge is 0.243 e. The second kappa shape index (κ2) is 9.30. The number of sulfonamides is 1. The van der Waals surface area contributed by atoms with E-state index in [9.17, 15) is 13.2 Å². The van der Waals surface area contributed by atoms with Gasteiger partial charge < -0.3 is 4.90 Å². The molecule has 1 aliphatic rings. The first kappa shape index (κ1) is 21.3. The number of carbonyl (C=O) groups is 1. The zero-order valence-corrected chi connectivity index (χ0v) is 18.1. The normalized spacial score (nSPS) is 16.5. The third-order valence-corrected chi connectivity index (χ3v) is 6.97. The number of rotatable bonds is 7. The Bertz CT molecular complexity index is 699. The molecule has 2 rings (SSSR count). The monoisotopic (exact) mass is 445 g/mol. The van der Waals surface area contributed by atoms with Gasteiger partial charge in [-0.1, -0.05) is 29.8 Å². The molecule has 0 unspecified atom stereocenters. The van der Waals surface area contributed by atoms with E-state index in [1.54, 1.807) is 17.0 Å². The Morgan fingerprint density at radius 3 is 2.27 bits per heavy atom. The Kier molecular flexibility index (Phi) is 7.63. The van der Waals surface area contributed by atoms with E-state index in [1.165, 1.54) is 19.2 Å². The van der Waals surface area contributed by atoms with Crippen LogP contribution in [0.5, 0.6) is 0 Å². The molecule has 0 saturated carbocycles. The van der Waals surface area contributed by atoms with Crippen LogP contribution >= 0.6 is 15.9 Å². The van der Waals surface area contributed by atoms with Crippen LogP contribution < -0.4 is 0 Å². The molecular weight excluding hydrogens is 418 g/mol. The number of halogens is 1. The molecular formula is C18H28BrN3O3S. The molecule has 0 bridgehead atoms. The van der Waals surface area contributed by atoms with Crippen LogP contribution in [0.15, 0.2) is 33.6 Å². The van der Waals surface area contributed by atoms with Crippen molar-refractivity contribution < 1.29 is 13.2 Å². The van der Waals surface area contributed by atoms with Crippen LogP contribution in [0, 0.1) is 5.92 Å². The molecule has 0 spiro atoms. The SMILES string of the molecule is CC(C)CCN1CCN(C(=O)CN(C)S(=O)(=O)c2ccc(Br)cc2)CC1. The van der Waals surface area contributed by atoms with Crippen molar-refractivity contribution in [3.8, 4) is 0 Å². The van der Waals surface area contributed by atoms with Crippen LogP contribution in [0.2, 0.25) is 0 Å². The Hall–Kier alpha value is -0.960. The molecule has 0 aliphatic carbocycles. The molecule has 6 nitrogen and oxygen atoms in total. The maximum Gasteiger partial charge on any atom is 0.243 e. The molecule has 0 aromatic heterocycles. The molecule has 1 saturated heterocycles. The number of carbonyl (C=O) groups excluding carboxylic acids is 1. The van der Waals surface area contributed by atoms with Crippen molar-refractivity contribution >= 4 is 31.9 Å². The first-order chi connectivity index (χ1) is 12.2. The van der Waals surface area contributed by atoms with Gasteiger partial charge in [0.25, 0.3) is 0 Å². The summed E-state index contributed by atoms with van der Waals surface area (Å²) >= 11 is 3.29. The van der Waals surface area contributed by atoms with E-state index in [0.29, 0.717) is 19.0 Å². The van der Waals surface area contributed by atoms with Crippen LogP contribution in [-0.2, 0) is 14.8 Å². The Labute approximate surface area is 165 Å². The van der Waals surface area contributed by atoms with Crippen molar-refractivity contribution in [2.45, 2.75) is 25.2 Å². The van der Waals surface area contributed by atoms with E-state index >= 15 is 0 Å². The largest absolute Gasteiger partial charge is 0.339 e. The van der Waals surface area contributed by atoms with Gasteiger partial charge in [0, 0.05) is 37.7 Å². The highest BCUT2D eigenvalue weighted by Crippen LogP contribution is 2.18. The fourth-order valence-corrected chi connectivity index (χ4v) is 4.21. The van der Waals surface area contributed by atoms with E-state index in [-0.39, 0.29) is 17.3 Å². The van der Waals surface area contributed by atoms with E-state index in [0.717, 1.165) is 34.8 Å². The summed E-state index contributed by atoms with van der Waals surface area (Å²) in [6, 6.07) is 6.43. The number of benzene rings is 1. The lowest BCUT2D eigenvalue weighted by molar-refractivity contribution is -0.133. The third kappa shape index (κ3) is 5.77. The maximum absolute atomic E-state index is 12.6. The maximum atomic E-state index is 12.6. The van der Waals surface area contributed by atoms with Crippen LogP contribution in [0.4, 0.5) is 0 Å². The molecule has 0 atom stereocenters. The lowest BCUT2D eigenvalue weighted by Gasteiger charge is -2.35. The van der Waals surface area contributed by atoms with Gasteiger partial charge in [0.1, 0.15) is 0 Å². The lowest BCUT2D eigenvalue weighted by atomic mass is 10.1. The fourth-order valence-electron chi connectivity index (χ4n) is 2.82. The van der Waals surface area contributed by atoms with E-state index in [4.69, 9.17) is 0 Å². The molecule has 0 radical (unpaired) electrons. The Morgan fingerprint density at radius 1 is 1.15 bits per heavy atom. The molecule has 26 heavy (non-hydrogen) atoms. The summed E-state index contributed by atoms with van der Waals surface area (Å²) in [4.78, 5) is 16.8. The molecule has 1 fully saturated rings. The third-order valence-electron chi connectivity index (χ3n) is 4.63. The van der Waals surface area contributed by atoms with Gasteiger partial charge in [-0.25, -0.2) is 8.42 Å². The quantitative estimate of drug-likeness (QED) is 0.645. The van der Waals surface area contributed by atoms with Crippen LogP contribution in [0.1, 0.15) is 20.3 Å². The van der Waals surface area contributed by atoms with Crippen molar-refractivity contribution in [1.29, 1.82) is 0 Å². The second-order valence-electron chi connectivity index (χ2n) is 7.12. The Morgan fingerprint density at radius 2 is 1.73 bits per heavy atom.